The summed E-state index contributed by atoms with van der Waals surface area (Å²) < 4.78 is 0. The molecule has 1 amide bonds. The highest BCUT2D eigenvalue weighted by Crippen LogP contribution is 2.39. The van der Waals surface area contributed by atoms with Crippen molar-refractivity contribution in [1.82, 2.24) is 5.32 Å². The van der Waals surface area contributed by atoms with Crippen LogP contribution in [0.25, 0.3) is 5.57 Å². The highest BCUT2D eigenvalue weighted by Gasteiger charge is 2.34. The number of thiocarbonyl (C=S) groups is 1. The summed E-state index contributed by atoms with van der Waals surface area (Å²) in [7, 11) is 0. The number of rotatable bonds is 1. The SMILES string of the molecule is CC1=CC(C)(C)N(C(=S)NC(=O)c2cccc(C)c2)c2cc(C)ccc21. The van der Waals surface area contributed by atoms with Crippen LogP contribution in [0.1, 0.15) is 47.8 Å². The number of benzene rings is 2. The highest BCUT2D eigenvalue weighted by molar-refractivity contribution is 7.80. The van der Waals surface area contributed by atoms with Crippen molar-refractivity contribution in [3.05, 3.63) is 70.8 Å². The third kappa shape index (κ3) is 3.42. The van der Waals surface area contributed by atoms with E-state index in [1.165, 1.54) is 5.57 Å². The van der Waals surface area contributed by atoms with Crippen molar-refractivity contribution in [2.24, 2.45) is 0 Å². The molecule has 4 heteroatoms. The molecule has 0 bridgehead atoms. The summed E-state index contributed by atoms with van der Waals surface area (Å²) in [6.45, 7) is 10.4. The Morgan fingerprint density at radius 3 is 2.42 bits per heavy atom. The van der Waals surface area contributed by atoms with Gasteiger partial charge in [-0.25, -0.2) is 0 Å². The van der Waals surface area contributed by atoms with Crippen molar-refractivity contribution < 1.29 is 4.79 Å². The van der Waals surface area contributed by atoms with Crippen molar-refractivity contribution in [2.45, 2.75) is 40.2 Å². The second kappa shape index (κ2) is 6.69. The zero-order chi connectivity index (χ0) is 19.1. The van der Waals surface area contributed by atoms with Crippen molar-refractivity contribution in [3.63, 3.8) is 0 Å². The third-order valence-corrected chi connectivity index (χ3v) is 4.95. The minimum Gasteiger partial charge on any atom is -0.309 e. The lowest BCUT2D eigenvalue weighted by molar-refractivity contribution is 0.0977. The molecule has 1 aliphatic heterocycles. The molecular formula is C22H24N2OS. The minimum absolute atomic E-state index is 0.185. The van der Waals surface area contributed by atoms with Crippen LogP contribution in [-0.2, 0) is 0 Å². The molecule has 3 nitrogen and oxygen atoms in total. The van der Waals surface area contributed by atoms with Crippen molar-refractivity contribution >= 4 is 34.5 Å². The summed E-state index contributed by atoms with van der Waals surface area (Å²) in [5, 5.41) is 3.33. The number of carbonyl (C=O) groups is 1. The molecule has 1 aliphatic rings. The summed E-state index contributed by atoms with van der Waals surface area (Å²) in [6, 6.07) is 13.8. The fraction of sp³-hybridized carbons (Fsp3) is 0.273. The maximum Gasteiger partial charge on any atom is 0.257 e. The number of aryl methyl sites for hydroxylation is 2. The highest BCUT2D eigenvalue weighted by atomic mass is 32.1. The molecule has 1 heterocycles. The molecule has 0 aromatic heterocycles. The van der Waals surface area contributed by atoms with E-state index in [-0.39, 0.29) is 11.4 Å². The Kier molecular flexibility index (Phi) is 4.72. The summed E-state index contributed by atoms with van der Waals surface area (Å²) in [5.74, 6) is -0.185. The van der Waals surface area contributed by atoms with Crippen LogP contribution in [0, 0.1) is 13.8 Å². The van der Waals surface area contributed by atoms with E-state index in [1.807, 2.05) is 30.0 Å². The first-order chi connectivity index (χ1) is 12.2. The molecule has 2 aromatic rings. The van der Waals surface area contributed by atoms with Gasteiger partial charge in [-0.05, 0) is 76.2 Å². The third-order valence-electron chi connectivity index (χ3n) is 4.67. The summed E-state index contributed by atoms with van der Waals surface area (Å²) in [6.07, 6.45) is 2.19. The van der Waals surface area contributed by atoms with E-state index in [1.54, 1.807) is 6.07 Å². The summed E-state index contributed by atoms with van der Waals surface area (Å²) in [5.41, 5.74) is 5.87. The van der Waals surface area contributed by atoms with Crippen LogP contribution < -0.4 is 10.2 Å². The molecule has 1 N–H and O–H groups in total. The molecular weight excluding hydrogens is 340 g/mol. The largest absolute Gasteiger partial charge is 0.309 e. The quantitative estimate of drug-likeness (QED) is 0.721. The van der Waals surface area contributed by atoms with E-state index >= 15 is 0 Å². The smallest absolute Gasteiger partial charge is 0.257 e. The van der Waals surface area contributed by atoms with Gasteiger partial charge in [-0.3, -0.25) is 10.1 Å². The van der Waals surface area contributed by atoms with E-state index in [9.17, 15) is 4.79 Å². The Balaban J connectivity index is 1.96. The van der Waals surface area contributed by atoms with Crippen molar-refractivity contribution in [1.29, 1.82) is 0 Å². The molecule has 0 radical (unpaired) electrons. The van der Waals surface area contributed by atoms with Crippen LogP contribution in [0.3, 0.4) is 0 Å². The number of fused-ring (bicyclic) bond motifs is 1. The lowest BCUT2D eigenvalue weighted by atomic mass is 9.88. The molecule has 0 unspecified atom stereocenters. The Hall–Kier alpha value is -2.46. The van der Waals surface area contributed by atoms with Crippen LogP contribution in [-0.4, -0.2) is 16.6 Å². The molecule has 0 fully saturated rings. The number of hydrogen-bond acceptors (Lipinski definition) is 2. The van der Waals surface area contributed by atoms with Gasteiger partial charge in [-0.15, -0.1) is 0 Å². The number of anilines is 1. The molecule has 0 aliphatic carbocycles. The molecule has 0 spiro atoms. The van der Waals surface area contributed by atoms with E-state index in [0.717, 1.165) is 22.4 Å². The maximum absolute atomic E-state index is 12.7. The molecule has 0 saturated heterocycles. The van der Waals surface area contributed by atoms with Crippen LogP contribution in [0.5, 0.6) is 0 Å². The van der Waals surface area contributed by atoms with Crippen molar-refractivity contribution in [3.8, 4) is 0 Å². The van der Waals surface area contributed by atoms with Gasteiger partial charge in [0.25, 0.3) is 5.91 Å². The van der Waals surface area contributed by atoms with Gasteiger partial charge in [-0.1, -0.05) is 35.9 Å². The minimum atomic E-state index is -0.332. The first-order valence-electron chi connectivity index (χ1n) is 8.72. The van der Waals surface area contributed by atoms with E-state index in [4.69, 9.17) is 12.2 Å². The summed E-state index contributed by atoms with van der Waals surface area (Å²) in [4.78, 5) is 14.7. The monoisotopic (exact) mass is 364 g/mol. The van der Waals surface area contributed by atoms with Crippen molar-refractivity contribution in [2.75, 3.05) is 4.90 Å². The number of amides is 1. The average Bonchev–Trinajstić information content (AvgIpc) is 2.53. The van der Waals surface area contributed by atoms with Gasteiger partial charge >= 0.3 is 0 Å². The van der Waals surface area contributed by atoms with Crippen LogP contribution in [0.4, 0.5) is 5.69 Å². The number of allylic oxidation sites excluding steroid dienone is 1. The Morgan fingerprint density at radius 2 is 1.73 bits per heavy atom. The van der Waals surface area contributed by atoms with Gasteiger partial charge in [0, 0.05) is 11.1 Å². The zero-order valence-electron chi connectivity index (χ0n) is 15.9. The second-order valence-corrected chi connectivity index (χ2v) is 7.85. The normalized spacial score (nSPS) is 15.1. The maximum atomic E-state index is 12.7. The van der Waals surface area contributed by atoms with Gasteiger partial charge in [0.15, 0.2) is 5.11 Å². The Morgan fingerprint density at radius 1 is 1.04 bits per heavy atom. The standard InChI is InChI=1S/C22H24N2OS/c1-14-7-6-8-17(11-14)20(25)23-21(26)24-19-12-15(2)9-10-18(19)16(3)13-22(24,4)5/h6-13H,1-5H3,(H,23,25,26). The lowest BCUT2D eigenvalue weighted by Crippen LogP contribution is -2.54. The van der Waals surface area contributed by atoms with Gasteiger partial charge < -0.3 is 4.90 Å². The van der Waals surface area contributed by atoms with Gasteiger partial charge in [0.2, 0.25) is 0 Å². The summed E-state index contributed by atoms with van der Waals surface area (Å²) >= 11 is 5.65. The zero-order valence-corrected chi connectivity index (χ0v) is 16.7. The predicted octanol–water partition coefficient (Wildman–Crippen LogP) is 5.02. The predicted molar refractivity (Wildman–Crippen MR) is 113 cm³/mol. The molecule has 26 heavy (non-hydrogen) atoms. The number of nitrogens with one attached hydrogen (secondary N) is 1. The molecule has 134 valence electrons. The van der Waals surface area contributed by atoms with Gasteiger partial charge in [0.05, 0.1) is 11.2 Å². The van der Waals surface area contributed by atoms with E-state index < -0.39 is 0 Å². The molecule has 0 atom stereocenters. The first-order valence-corrected chi connectivity index (χ1v) is 9.12. The second-order valence-electron chi connectivity index (χ2n) is 7.47. The van der Waals surface area contributed by atoms with Crippen LogP contribution >= 0.6 is 12.2 Å². The fourth-order valence-corrected chi connectivity index (χ4v) is 3.95. The van der Waals surface area contributed by atoms with Crippen LogP contribution in [0.2, 0.25) is 0 Å². The average molecular weight is 365 g/mol. The topological polar surface area (TPSA) is 32.3 Å². The number of nitrogens with zero attached hydrogens (tertiary/aromatic N) is 1. The Bertz CT molecular complexity index is 927. The van der Waals surface area contributed by atoms with E-state index in [0.29, 0.717) is 10.7 Å². The lowest BCUT2D eigenvalue weighted by Gasteiger charge is -2.43. The number of carbonyl (C=O) groups excluding carboxylic acids is 1. The first kappa shape index (κ1) is 18.3. The van der Waals surface area contributed by atoms with Gasteiger partial charge in [0.1, 0.15) is 0 Å². The van der Waals surface area contributed by atoms with Gasteiger partial charge in [-0.2, -0.15) is 0 Å². The Labute approximate surface area is 160 Å². The van der Waals surface area contributed by atoms with Crippen LogP contribution in [0.15, 0.2) is 48.5 Å². The molecule has 3 rings (SSSR count). The molecule has 0 saturated carbocycles. The molecule has 2 aromatic carbocycles. The van der Waals surface area contributed by atoms with E-state index in [2.05, 4.69) is 57.3 Å². The fourth-order valence-electron chi connectivity index (χ4n) is 3.53. The number of hydrogen-bond donors (Lipinski definition) is 1.